The molecule has 1 N–H and O–H groups in total. The Labute approximate surface area is 102 Å². The van der Waals surface area contributed by atoms with Gasteiger partial charge >= 0.3 is 5.97 Å². The molecule has 0 bridgehead atoms. The van der Waals surface area contributed by atoms with E-state index in [4.69, 9.17) is 5.11 Å². The van der Waals surface area contributed by atoms with Gasteiger partial charge in [-0.3, -0.25) is 9.69 Å². The molecule has 0 radical (unpaired) electrons. The highest BCUT2D eigenvalue weighted by Gasteiger charge is 2.32. The average Bonchev–Trinajstić information content (AvgIpc) is 2.29. The molecule has 2 rings (SSSR count). The maximum Gasteiger partial charge on any atom is 0.306 e. The minimum Gasteiger partial charge on any atom is -0.481 e. The zero-order valence-corrected chi connectivity index (χ0v) is 10.7. The second kappa shape index (κ2) is 4.94. The van der Waals surface area contributed by atoms with E-state index in [2.05, 4.69) is 4.90 Å². The molecule has 1 saturated carbocycles. The lowest BCUT2D eigenvalue weighted by Crippen LogP contribution is -2.47. The standard InChI is InChI=1S/C11H19NO4S/c13-11(14)9-1-3-10(4-2-9)12-5-7-17(15,16)8-6-12/h9-10H,1-8H2,(H,13,14). The van der Waals surface area contributed by atoms with Crippen molar-refractivity contribution < 1.29 is 18.3 Å². The monoisotopic (exact) mass is 261 g/mol. The fourth-order valence-electron chi connectivity index (χ4n) is 2.78. The quantitative estimate of drug-likeness (QED) is 0.777. The first kappa shape index (κ1) is 12.8. The number of nitrogens with zero attached hydrogens (tertiary/aromatic N) is 1. The zero-order chi connectivity index (χ0) is 12.5. The molecule has 0 aromatic rings. The summed E-state index contributed by atoms with van der Waals surface area (Å²) in [7, 11) is -2.81. The molecular weight excluding hydrogens is 242 g/mol. The predicted octanol–water partition coefficient (Wildman–Crippen LogP) is 0.360. The van der Waals surface area contributed by atoms with E-state index in [1.807, 2.05) is 0 Å². The Balaban J connectivity index is 1.84. The zero-order valence-electron chi connectivity index (χ0n) is 9.84. The number of aliphatic carboxylic acids is 1. The van der Waals surface area contributed by atoms with E-state index < -0.39 is 15.8 Å². The molecule has 0 aromatic carbocycles. The van der Waals surface area contributed by atoms with E-state index in [-0.39, 0.29) is 17.4 Å². The van der Waals surface area contributed by atoms with Crippen molar-refractivity contribution in [1.29, 1.82) is 0 Å². The highest BCUT2D eigenvalue weighted by Crippen LogP contribution is 2.28. The minimum atomic E-state index is -2.81. The summed E-state index contributed by atoms with van der Waals surface area (Å²) in [4.78, 5) is 13.1. The predicted molar refractivity (Wildman–Crippen MR) is 63.6 cm³/mol. The first-order valence-electron chi connectivity index (χ1n) is 6.15. The van der Waals surface area contributed by atoms with Gasteiger partial charge in [-0.05, 0) is 25.7 Å². The number of carboxylic acid groups (broad SMARTS) is 1. The van der Waals surface area contributed by atoms with Crippen LogP contribution in [0, 0.1) is 5.92 Å². The van der Waals surface area contributed by atoms with Crippen molar-refractivity contribution in [2.75, 3.05) is 24.6 Å². The van der Waals surface area contributed by atoms with Gasteiger partial charge in [0.05, 0.1) is 17.4 Å². The van der Waals surface area contributed by atoms with Gasteiger partial charge in [0, 0.05) is 19.1 Å². The summed E-state index contributed by atoms with van der Waals surface area (Å²) in [5.74, 6) is -0.373. The minimum absolute atomic E-state index is 0.195. The maximum atomic E-state index is 11.3. The van der Waals surface area contributed by atoms with Gasteiger partial charge in [0.1, 0.15) is 0 Å². The van der Waals surface area contributed by atoms with Crippen LogP contribution >= 0.6 is 0 Å². The molecule has 1 aliphatic carbocycles. The van der Waals surface area contributed by atoms with Crippen LogP contribution in [0.3, 0.4) is 0 Å². The van der Waals surface area contributed by atoms with E-state index >= 15 is 0 Å². The summed E-state index contributed by atoms with van der Waals surface area (Å²) in [6.45, 7) is 1.23. The first-order valence-corrected chi connectivity index (χ1v) is 7.97. The number of carboxylic acids is 1. The van der Waals surface area contributed by atoms with Gasteiger partial charge in [0.15, 0.2) is 9.84 Å². The van der Waals surface area contributed by atoms with Gasteiger partial charge in [-0.2, -0.15) is 0 Å². The second-order valence-corrected chi connectivity index (χ2v) is 7.34. The first-order chi connectivity index (χ1) is 7.98. The van der Waals surface area contributed by atoms with Crippen LogP contribution in [-0.2, 0) is 14.6 Å². The summed E-state index contributed by atoms with van der Waals surface area (Å²) in [6, 6.07) is 0.390. The van der Waals surface area contributed by atoms with Gasteiger partial charge in [-0.25, -0.2) is 8.42 Å². The highest BCUT2D eigenvalue weighted by molar-refractivity contribution is 7.91. The van der Waals surface area contributed by atoms with Crippen molar-refractivity contribution >= 4 is 15.8 Å². The molecule has 2 fully saturated rings. The highest BCUT2D eigenvalue weighted by atomic mass is 32.2. The van der Waals surface area contributed by atoms with Crippen LogP contribution in [-0.4, -0.2) is 55.0 Å². The maximum absolute atomic E-state index is 11.3. The topological polar surface area (TPSA) is 74.7 Å². The van der Waals surface area contributed by atoms with Crippen LogP contribution in [0.5, 0.6) is 0 Å². The molecule has 2 aliphatic rings. The number of hydrogen-bond acceptors (Lipinski definition) is 4. The lowest BCUT2D eigenvalue weighted by atomic mass is 9.85. The van der Waals surface area contributed by atoms with Gasteiger partial charge in [-0.15, -0.1) is 0 Å². The molecule has 1 saturated heterocycles. The molecular formula is C11H19NO4S. The lowest BCUT2D eigenvalue weighted by Gasteiger charge is -2.37. The molecule has 5 nitrogen and oxygen atoms in total. The van der Waals surface area contributed by atoms with Gasteiger partial charge < -0.3 is 5.11 Å². The van der Waals surface area contributed by atoms with Gasteiger partial charge in [-0.1, -0.05) is 0 Å². The summed E-state index contributed by atoms with van der Waals surface area (Å²) >= 11 is 0. The molecule has 0 amide bonds. The Kier molecular flexibility index (Phi) is 3.73. The van der Waals surface area contributed by atoms with Crippen LogP contribution < -0.4 is 0 Å². The van der Waals surface area contributed by atoms with E-state index in [1.165, 1.54) is 0 Å². The van der Waals surface area contributed by atoms with Crippen LogP contribution in [0.4, 0.5) is 0 Å². The van der Waals surface area contributed by atoms with Crippen LogP contribution in [0.15, 0.2) is 0 Å². The third-order valence-electron chi connectivity index (χ3n) is 3.94. The molecule has 1 heterocycles. The van der Waals surface area contributed by atoms with Crippen molar-refractivity contribution in [2.45, 2.75) is 31.7 Å². The molecule has 0 unspecified atom stereocenters. The van der Waals surface area contributed by atoms with Crippen molar-refractivity contribution in [2.24, 2.45) is 5.92 Å². The average molecular weight is 261 g/mol. The summed E-state index contributed by atoms with van der Waals surface area (Å²) in [5.41, 5.74) is 0. The Hall–Kier alpha value is -0.620. The molecule has 17 heavy (non-hydrogen) atoms. The fourth-order valence-corrected chi connectivity index (χ4v) is 4.01. The van der Waals surface area contributed by atoms with E-state index in [0.717, 1.165) is 25.7 Å². The Morgan fingerprint density at radius 2 is 1.59 bits per heavy atom. The summed E-state index contributed by atoms with van der Waals surface area (Å²) < 4.78 is 22.6. The van der Waals surface area contributed by atoms with E-state index in [0.29, 0.717) is 19.1 Å². The van der Waals surface area contributed by atoms with Gasteiger partial charge in [0.2, 0.25) is 0 Å². The van der Waals surface area contributed by atoms with E-state index in [1.54, 1.807) is 0 Å². The third-order valence-corrected chi connectivity index (χ3v) is 5.55. The number of sulfone groups is 1. The lowest BCUT2D eigenvalue weighted by molar-refractivity contribution is -0.143. The smallest absolute Gasteiger partial charge is 0.306 e. The largest absolute Gasteiger partial charge is 0.481 e. The second-order valence-electron chi connectivity index (χ2n) is 5.03. The Bertz CT molecular complexity index is 370. The molecule has 0 aromatic heterocycles. The van der Waals surface area contributed by atoms with Crippen molar-refractivity contribution in [3.05, 3.63) is 0 Å². The fraction of sp³-hybridized carbons (Fsp3) is 0.909. The number of rotatable bonds is 2. The number of carbonyl (C=O) groups is 1. The van der Waals surface area contributed by atoms with Crippen LogP contribution in [0.2, 0.25) is 0 Å². The molecule has 0 spiro atoms. The molecule has 98 valence electrons. The normalized spacial score (nSPS) is 34.4. The molecule has 6 heteroatoms. The van der Waals surface area contributed by atoms with Crippen molar-refractivity contribution in [1.82, 2.24) is 4.90 Å². The molecule has 0 atom stereocenters. The third kappa shape index (κ3) is 3.19. The van der Waals surface area contributed by atoms with Crippen molar-refractivity contribution in [3.8, 4) is 0 Å². The van der Waals surface area contributed by atoms with Gasteiger partial charge in [0.25, 0.3) is 0 Å². The molecule has 1 aliphatic heterocycles. The van der Waals surface area contributed by atoms with Crippen LogP contribution in [0.1, 0.15) is 25.7 Å². The SMILES string of the molecule is O=C(O)C1CCC(N2CCS(=O)(=O)CC2)CC1. The summed E-state index contributed by atoms with van der Waals surface area (Å²) in [5, 5.41) is 8.91. The number of hydrogen-bond donors (Lipinski definition) is 1. The summed E-state index contributed by atoms with van der Waals surface area (Å²) in [6.07, 6.45) is 3.22. The Morgan fingerprint density at radius 1 is 1.06 bits per heavy atom. The van der Waals surface area contributed by atoms with Crippen molar-refractivity contribution in [3.63, 3.8) is 0 Å². The Morgan fingerprint density at radius 3 is 2.06 bits per heavy atom. The van der Waals surface area contributed by atoms with E-state index in [9.17, 15) is 13.2 Å². The van der Waals surface area contributed by atoms with Crippen LogP contribution in [0.25, 0.3) is 0 Å².